The summed E-state index contributed by atoms with van der Waals surface area (Å²) in [5, 5.41) is 3.46. The van der Waals surface area contributed by atoms with E-state index in [-0.39, 0.29) is 12.3 Å². The van der Waals surface area contributed by atoms with Crippen LogP contribution in [0.1, 0.15) is 6.92 Å². The van der Waals surface area contributed by atoms with Gasteiger partial charge in [-0.2, -0.15) is 0 Å². The van der Waals surface area contributed by atoms with Gasteiger partial charge in [-0.25, -0.2) is 4.79 Å². The van der Waals surface area contributed by atoms with Crippen molar-refractivity contribution in [2.45, 2.75) is 6.92 Å². The second kappa shape index (κ2) is 5.46. The van der Waals surface area contributed by atoms with E-state index in [1.807, 2.05) is 0 Å². The van der Waals surface area contributed by atoms with Crippen LogP contribution in [0.25, 0.3) is 0 Å². The fraction of sp³-hybridized carbons (Fsp3) is 0.429. The molecule has 11 heavy (non-hydrogen) atoms. The van der Waals surface area contributed by atoms with Crippen LogP contribution >= 0.6 is 0 Å². The molecule has 0 rings (SSSR count). The van der Waals surface area contributed by atoms with Crippen LogP contribution in [-0.2, 0) is 14.4 Å². The maximum absolute atomic E-state index is 10.6. The van der Waals surface area contributed by atoms with Gasteiger partial charge in [-0.15, -0.1) is 0 Å². The fourth-order valence-electron chi connectivity index (χ4n) is 0.372. The molecule has 0 amide bonds. The topological polar surface area (TPSA) is 47.9 Å². The summed E-state index contributed by atoms with van der Waals surface area (Å²) in [4.78, 5) is 15.3. The lowest BCUT2D eigenvalue weighted by molar-refractivity contribution is -0.132. The largest absolute Gasteiger partial charge is 0.464 e. The lowest BCUT2D eigenvalue weighted by Crippen LogP contribution is -2.12. The van der Waals surface area contributed by atoms with Gasteiger partial charge in [-0.05, 0) is 6.92 Å². The Labute approximate surface area is 65.5 Å². The molecule has 62 valence electrons. The molecule has 0 aliphatic rings. The molecule has 0 aromatic rings. The Morgan fingerprint density at radius 1 is 1.73 bits per heavy atom. The van der Waals surface area contributed by atoms with E-state index in [1.54, 1.807) is 0 Å². The zero-order chi connectivity index (χ0) is 8.69. The van der Waals surface area contributed by atoms with E-state index in [2.05, 4.69) is 21.3 Å². The van der Waals surface area contributed by atoms with Gasteiger partial charge in [-0.3, -0.25) is 0 Å². The van der Waals surface area contributed by atoms with Gasteiger partial charge in [0.25, 0.3) is 0 Å². The maximum Gasteiger partial charge on any atom is 0.355 e. The molecule has 0 fully saturated rings. The first-order chi connectivity index (χ1) is 5.22. The summed E-state index contributed by atoms with van der Waals surface area (Å²) in [5.41, 5.74) is 0.189. The molecule has 4 nitrogen and oxygen atoms in total. The van der Waals surface area contributed by atoms with E-state index in [0.717, 1.165) is 0 Å². The average Bonchev–Trinajstić information content (AvgIpc) is 2.03. The summed E-state index contributed by atoms with van der Waals surface area (Å²) >= 11 is 0. The molecule has 4 heteroatoms. The Hall–Kier alpha value is -1.32. The highest BCUT2D eigenvalue weighted by Gasteiger charge is 2.03. The van der Waals surface area contributed by atoms with E-state index >= 15 is 0 Å². The van der Waals surface area contributed by atoms with Gasteiger partial charge in [0.1, 0.15) is 6.61 Å². The molecule has 0 bridgehead atoms. The summed E-state index contributed by atoms with van der Waals surface area (Å²) in [5.74, 6) is -0.492. The van der Waals surface area contributed by atoms with Crippen LogP contribution < -0.4 is 0 Å². The van der Waals surface area contributed by atoms with Crippen LogP contribution in [0, 0.1) is 0 Å². The number of hydrogen-bond donors (Lipinski definition) is 0. The fourth-order valence-corrected chi connectivity index (χ4v) is 0.372. The summed E-state index contributed by atoms with van der Waals surface area (Å²) in [6, 6.07) is 0. The number of hydrogen-bond acceptors (Lipinski definition) is 4. The van der Waals surface area contributed by atoms with Gasteiger partial charge < -0.3 is 9.57 Å². The second-order valence-electron chi connectivity index (χ2n) is 1.75. The SMILES string of the molecule is C=CCON=C(C)C(=O)OC. The van der Waals surface area contributed by atoms with Crippen LogP contribution in [0.15, 0.2) is 17.8 Å². The molecular formula is C7H11NO3. The number of methoxy groups -OCH3 is 1. The van der Waals surface area contributed by atoms with Crippen molar-refractivity contribution in [3.8, 4) is 0 Å². The molecule has 0 unspecified atom stereocenters. The molecule has 0 atom stereocenters. The first kappa shape index (κ1) is 9.68. The molecule has 0 N–H and O–H groups in total. The van der Waals surface area contributed by atoms with Gasteiger partial charge in [0.05, 0.1) is 7.11 Å². The van der Waals surface area contributed by atoms with E-state index in [0.29, 0.717) is 0 Å². The first-order valence-corrected chi connectivity index (χ1v) is 3.08. The number of ether oxygens (including phenoxy) is 1. The van der Waals surface area contributed by atoms with Gasteiger partial charge in [0, 0.05) is 0 Å². The van der Waals surface area contributed by atoms with Crippen LogP contribution in [0.4, 0.5) is 0 Å². The molecule has 0 saturated heterocycles. The number of oxime groups is 1. The molecule has 0 heterocycles. The minimum absolute atomic E-state index is 0.189. The number of carbonyl (C=O) groups is 1. The van der Waals surface area contributed by atoms with Gasteiger partial charge in [-0.1, -0.05) is 17.8 Å². The standard InChI is InChI=1S/C7H11NO3/c1-4-5-11-8-6(2)7(9)10-3/h4H,1,5H2,2-3H3. The van der Waals surface area contributed by atoms with E-state index in [4.69, 9.17) is 0 Å². The Bertz CT molecular complexity index is 175. The van der Waals surface area contributed by atoms with Crippen LogP contribution in [0.5, 0.6) is 0 Å². The number of rotatable bonds is 4. The molecule has 0 aliphatic carbocycles. The predicted octanol–water partition coefficient (Wildman–Crippen LogP) is 0.738. The molecule has 0 saturated carbocycles. The third-order valence-corrected chi connectivity index (χ3v) is 0.875. The number of carbonyl (C=O) groups excluding carboxylic acids is 1. The van der Waals surface area contributed by atoms with E-state index in [1.165, 1.54) is 20.1 Å². The highest BCUT2D eigenvalue weighted by molar-refractivity contribution is 6.35. The molecule has 0 aromatic heterocycles. The second-order valence-corrected chi connectivity index (χ2v) is 1.75. The molecular weight excluding hydrogens is 146 g/mol. The van der Waals surface area contributed by atoms with Gasteiger partial charge in [0.2, 0.25) is 0 Å². The quantitative estimate of drug-likeness (QED) is 0.199. The molecule has 0 spiro atoms. The zero-order valence-electron chi connectivity index (χ0n) is 6.66. The van der Waals surface area contributed by atoms with Crippen LogP contribution in [-0.4, -0.2) is 25.4 Å². The van der Waals surface area contributed by atoms with Crippen molar-refractivity contribution in [1.82, 2.24) is 0 Å². The molecule has 0 aromatic carbocycles. The van der Waals surface area contributed by atoms with Crippen molar-refractivity contribution >= 4 is 11.7 Å². The Morgan fingerprint density at radius 2 is 2.36 bits per heavy atom. The van der Waals surface area contributed by atoms with Crippen molar-refractivity contribution in [3.63, 3.8) is 0 Å². The first-order valence-electron chi connectivity index (χ1n) is 3.08. The molecule has 0 radical (unpaired) electrons. The minimum Gasteiger partial charge on any atom is -0.464 e. The summed E-state index contributed by atoms with van der Waals surface area (Å²) in [6.07, 6.45) is 1.54. The molecule has 0 aliphatic heterocycles. The smallest absolute Gasteiger partial charge is 0.355 e. The van der Waals surface area contributed by atoms with Crippen molar-refractivity contribution in [1.29, 1.82) is 0 Å². The van der Waals surface area contributed by atoms with Crippen molar-refractivity contribution in [2.24, 2.45) is 5.16 Å². The Kier molecular flexibility index (Phi) is 4.81. The summed E-state index contributed by atoms with van der Waals surface area (Å²) in [7, 11) is 1.29. The van der Waals surface area contributed by atoms with E-state index in [9.17, 15) is 4.79 Å². The summed E-state index contributed by atoms with van der Waals surface area (Å²) in [6.45, 7) is 5.21. The van der Waals surface area contributed by atoms with Crippen molar-refractivity contribution in [3.05, 3.63) is 12.7 Å². The van der Waals surface area contributed by atoms with Crippen molar-refractivity contribution < 1.29 is 14.4 Å². The van der Waals surface area contributed by atoms with Crippen LogP contribution in [0.2, 0.25) is 0 Å². The average molecular weight is 157 g/mol. The monoisotopic (exact) mass is 157 g/mol. The number of esters is 1. The third-order valence-electron chi connectivity index (χ3n) is 0.875. The van der Waals surface area contributed by atoms with Gasteiger partial charge >= 0.3 is 5.97 Å². The zero-order valence-corrected chi connectivity index (χ0v) is 6.66. The summed E-state index contributed by atoms with van der Waals surface area (Å²) < 4.78 is 4.37. The predicted molar refractivity (Wildman–Crippen MR) is 41.3 cm³/mol. The highest BCUT2D eigenvalue weighted by atomic mass is 16.6. The number of nitrogens with zero attached hydrogens (tertiary/aromatic N) is 1. The lowest BCUT2D eigenvalue weighted by Gasteiger charge is -1.96. The maximum atomic E-state index is 10.6. The highest BCUT2D eigenvalue weighted by Crippen LogP contribution is 1.84. The normalized spacial score (nSPS) is 10.5. The minimum atomic E-state index is -0.492. The lowest BCUT2D eigenvalue weighted by atomic mass is 10.4. The van der Waals surface area contributed by atoms with Crippen LogP contribution in [0.3, 0.4) is 0 Å². The van der Waals surface area contributed by atoms with Gasteiger partial charge in [0.15, 0.2) is 5.71 Å². The van der Waals surface area contributed by atoms with E-state index < -0.39 is 5.97 Å². The third kappa shape index (κ3) is 4.13. The Morgan fingerprint density at radius 3 is 2.82 bits per heavy atom. The Balaban J connectivity index is 3.79. The van der Waals surface area contributed by atoms with Crippen molar-refractivity contribution in [2.75, 3.05) is 13.7 Å².